The highest BCUT2D eigenvalue weighted by Crippen LogP contribution is 2.24. The Labute approximate surface area is 160 Å². The van der Waals surface area contributed by atoms with Gasteiger partial charge >= 0.3 is 0 Å². The molecule has 26 heavy (non-hydrogen) atoms. The number of likely N-dealkylation sites (tertiary alicyclic amines) is 1. The van der Waals surface area contributed by atoms with Crippen LogP contribution in [0.2, 0.25) is 0 Å². The summed E-state index contributed by atoms with van der Waals surface area (Å²) in [4.78, 5) is 26.6. The van der Waals surface area contributed by atoms with Gasteiger partial charge in [0, 0.05) is 38.5 Å². The van der Waals surface area contributed by atoms with Crippen molar-refractivity contribution in [2.45, 2.75) is 50.9 Å². The van der Waals surface area contributed by atoms with Crippen molar-refractivity contribution in [2.24, 2.45) is 5.73 Å². The van der Waals surface area contributed by atoms with Crippen LogP contribution < -0.4 is 11.1 Å². The Hall–Kier alpha value is -1.63. The molecule has 1 aromatic rings. The van der Waals surface area contributed by atoms with Gasteiger partial charge in [0.25, 0.3) is 5.91 Å². The summed E-state index contributed by atoms with van der Waals surface area (Å²) in [7, 11) is 0. The summed E-state index contributed by atoms with van der Waals surface area (Å²) in [6, 6.07) is 8.16. The summed E-state index contributed by atoms with van der Waals surface area (Å²) in [5.74, 6) is -0.00408. The number of carbonyl (C=O) groups excluding carboxylic acids is 2. The summed E-state index contributed by atoms with van der Waals surface area (Å²) in [6.45, 7) is 2.05. The number of hydrogen-bond donors (Lipinski definition) is 2. The molecule has 0 aliphatic carbocycles. The van der Waals surface area contributed by atoms with Crippen LogP contribution >= 0.6 is 12.4 Å². The first-order valence-corrected chi connectivity index (χ1v) is 9.14. The summed E-state index contributed by atoms with van der Waals surface area (Å²) < 4.78 is 5.84. The van der Waals surface area contributed by atoms with E-state index in [2.05, 4.69) is 11.4 Å². The van der Waals surface area contributed by atoms with Crippen molar-refractivity contribution in [3.63, 3.8) is 0 Å². The van der Waals surface area contributed by atoms with Gasteiger partial charge in [0.2, 0.25) is 5.91 Å². The predicted octanol–water partition coefficient (Wildman–Crippen LogP) is 1.40. The van der Waals surface area contributed by atoms with Crippen LogP contribution in [0.15, 0.2) is 24.3 Å². The number of nitrogens with two attached hydrogens (primary N) is 1. The molecule has 0 radical (unpaired) electrons. The number of fused-ring (bicyclic) bond motifs is 1. The zero-order chi connectivity index (χ0) is 17.6. The van der Waals surface area contributed by atoms with Crippen molar-refractivity contribution < 1.29 is 14.3 Å². The average molecular weight is 382 g/mol. The van der Waals surface area contributed by atoms with Gasteiger partial charge in [-0.1, -0.05) is 24.3 Å². The molecule has 2 heterocycles. The minimum atomic E-state index is -0.421. The summed E-state index contributed by atoms with van der Waals surface area (Å²) in [5.41, 5.74) is 7.76. The van der Waals surface area contributed by atoms with Crippen molar-refractivity contribution in [3.05, 3.63) is 35.4 Å². The highest BCUT2D eigenvalue weighted by Gasteiger charge is 2.34. The molecule has 2 amide bonds. The first-order chi connectivity index (χ1) is 12.2. The first kappa shape index (κ1) is 20.7. The molecule has 0 saturated carbocycles. The lowest BCUT2D eigenvalue weighted by Gasteiger charge is -2.38. The van der Waals surface area contributed by atoms with Crippen LogP contribution in [0.5, 0.6) is 0 Å². The van der Waals surface area contributed by atoms with Crippen LogP contribution in [0.25, 0.3) is 0 Å². The van der Waals surface area contributed by atoms with Crippen LogP contribution in [0.4, 0.5) is 0 Å². The van der Waals surface area contributed by atoms with Gasteiger partial charge in [0.1, 0.15) is 6.10 Å². The van der Waals surface area contributed by atoms with Crippen molar-refractivity contribution in [1.82, 2.24) is 10.2 Å². The Morgan fingerprint density at radius 2 is 2.00 bits per heavy atom. The number of hydrogen-bond acceptors (Lipinski definition) is 4. The molecule has 0 bridgehead atoms. The van der Waals surface area contributed by atoms with E-state index in [0.29, 0.717) is 32.5 Å². The smallest absolute Gasteiger partial charge is 0.252 e. The summed E-state index contributed by atoms with van der Waals surface area (Å²) in [5, 5.41) is 2.90. The summed E-state index contributed by atoms with van der Waals surface area (Å²) >= 11 is 0. The Balaban J connectivity index is 0.00000243. The van der Waals surface area contributed by atoms with Crippen molar-refractivity contribution in [2.75, 3.05) is 19.6 Å². The highest BCUT2D eigenvalue weighted by molar-refractivity contribution is 5.85. The molecule has 7 heteroatoms. The monoisotopic (exact) mass is 381 g/mol. The third-order valence-electron chi connectivity index (χ3n) is 5.06. The lowest BCUT2D eigenvalue weighted by atomic mass is 9.96. The maximum Gasteiger partial charge on any atom is 0.252 e. The molecule has 1 fully saturated rings. The van der Waals surface area contributed by atoms with E-state index in [1.165, 1.54) is 5.56 Å². The molecule has 2 aliphatic rings. The molecule has 0 spiro atoms. The number of ether oxygens (including phenoxy) is 1. The van der Waals surface area contributed by atoms with Crippen molar-refractivity contribution in [3.8, 4) is 0 Å². The number of benzene rings is 1. The number of halogens is 1. The van der Waals surface area contributed by atoms with Crippen LogP contribution in [0.3, 0.4) is 0 Å². The van der Waals surface area contributed by atoms with Crippen molar-refractivity contribution in [1.29, 1.82) is 0 Å². The minimum absolute atomic E-state index is 0. The molecule has 144 valence electrons. The second kappa shape index (κ2) is 9.90. The standard InChI is InChI=1S/C19H27N3O3.ClH/c20-9-8-18(23)21-12-16-7-3-4-10-22(16)19(24)17-11-14-5-1-2-6-15(14)13-25-17;/h1-2,5-6,16-17H,3-4,7-13,20H2,(H,21,23);1H. The average Bonchev–Trinajstić information content (AvgIpc) is 2.66. The van der Waals surface area contributed by atoms with Crippen LogP contribution in [0, 0.1) is 0 Å². The molecule has 3 rings (SSSR count). The largest absolute Gasteiger partial charge is 0.363 e. The Bertz CT molecular complexity index is 626. The van der Waals surface area contributed by atoms with E-state index in [1.807, 2.05) is 23.1 Å². The van der Waals surface area contributed by atoms with E-state index >= 15 is 0 Å². The molecule has 2 aliphatic heterocycles. The maximum atomic E-state index is 13.0. The minimum Gasteiger partial charge on any atom is -0.363 e. The third kappa shape index (κ3) is 4.96. The molecule has 3 N–H and O–H groups in total. The van der Waals surface area contributed by atoms with Crippen LogP contribution in [0.1, 0.15) is 36.8 Å². The highest BCUT2D eigenvalue weighted by atomic mass is 35.5. The normalized spacial score (nSPS) is 22.1. The van der Waals surface area contributed by atoms with Crippen molar-refractivity contribution >= 4 is 24.2 Å². The second-order valence-corrected chi connectivity index (χ2v) is 6.80. The van der Waals surface area contributed by atoms with E-state index in [1.54, 1.807) is 0 Å². The molecule has 0 aromatic heterocycles. The first-order valence-electron chi connectivity index (χ1n) is 9.14. The number of nitrogens with one attached hydrogen (secondary N) is 1. The van der Waals surface area contributed by atoms with E-state index < -0.39 is 6.10 Å². The number of nitrogens with zero attached hydrogens (tertiary/aromatic N) is 1. The van der Waals surface area contributed by atoms with Crippen LogP contribution in [-0.4, -0.2) is 48.5 Å². The molecule has 2 atom stereocenters. The van der Waals surface area contributed by atoms with Gasteiger partial charge in [-0.05, 0) is 30.4 Å². The third-order valence-corrected chi connectivity index (χ3v) is 5.06. The molecular weight excluding hydrogens is 354 g/mol. The fourth-order valence-corrected chi connectivity index (χ4v) is 3.64. The Morgan fingerprint density at radius 3 is 2.77 bits per heavy atom. The van der Waals surface area contributed by atoms with E-state index in [9.17, 15) is 9.59 Å². The second-order valence-electron chi connectivity index (χ2n) is 6.80. The summed E-state index contributed by atoms with van der Waals surface area (Å²) in [6.07, 6.45) is 3.52. The fourth-order valence-electron chi connectivity index (χ4n) is 3.64. The molecule has 6 nitrogen and oxygen atoms in total. The molecular formula is C19H28ClN3O3. The van der Waals surface area contributed by atoms with E-state index in [0.717, 1.165) is 31.4 Å². The Morgan fingerprint density at radius 1 is 1.23 bits per heavy atom. The topological polar surface area (TPSA) is 84.7 Å². The lowest BCUT2D eigenvalue weighted by molar-refractivity contribution is -0.149. The van der Waals surface area contributed by atoms with Gasteiger partial charge in [-0.25, -0.2) is 0 Å². The quantitative estimate of drug-likeness (QED) is 0.807. The van der Waals surface area contributed by atoms with Gasteiger partial charge in [-0.3, -0.25) is 9.59 Å². The van der Waals surface area contributed by atoms with Gasteiger partial charge in [0.05, 0.1) is 6.61 Å². The molecule has 1 saturated heterocycles. The van der Waals surface area contributed by atoms with Gasteiger partial charge in [-0.15, -0.1) is 12.4 Å². The zero-order valence-electron chi connectivity index (χ0n) is 15.0. The van der Waals surface area contributed by atoms with Gasteiger partial charge in [0.15, 0.2) is 0 Å². The Kier molecular flexibility index (Phi) is 7.87. The van der Waals surface area contributed by atoms with Gasteiger partial charge < -0.3 is 20.7 Å². The lowest BCUT2D eigenvalue weighted by Crippen LogP contribution is -2.53. The van der Waals surface area contributed by atoms with Gasteiger partial charge in [-0.2, -0.15) is 0 Å². The molecule has 2 unspecified atom stereocenters. The van der Waals surface area contributed by atoms with E-state index in [-0.39, 0.29) is 30.3 Å². The number of piperidine rings is 1. The zero-order valence-corrected chi connectivity index (χ0v) is 15.8. The number of carbonyl (C=O) groups is 2. The van der Waals surface area contributed by atoms with E-state index in [4.69, 9.17) is 10.5 Å². The SMILES string of the molecule is Cl.NCCC(=O)NCC1CCCCN1C(=O)C1Cc2ccccc2CO1. The maximum absolute atomic E-state index is 13.0. The number of rotatable bonds is 5. The predicted molar refractivity (Wildman–Crippen MR) is 102 cm³/mol. The molecule has 1 aromatic carbocycles. The van der Waals surface area contributed by atoms with Crippen LogP contribution in [-0.2, 0) is 27.4 Å². The number of amides is 2. The fraction of sp³-hybridized carbons (Fsp3) is 0.579.